The van der Waals surface area contributed by atoms with Gasteiger partial charge >= 0.3 is 5.97 Å². The maximum Gasteiger partial charge on any atom is 0.341 e. The van der Waals surface area contributed by atoms with Crippen molar-refractivity contribution in [1.29, 1.82) is 0 Å². The van der Waals surface area contributed by atoms with Gasteiger partial charge < -0.3 is 5.11 Å². The number of carboxylic acid groups (broad SMARTS) is 1. The third-order valence-corrected chi connectivity index (χ3v) is 2.46. The molecule has 6 heteroatoms. The van der Waals surface area contributed by atoms with E-state index in [2.05, 4.69) is 10.1 Å². The summed E-state index contributed by atoms with van der Waals surface area (Å²) in [6.07, 6.45) is 3.58. The van der Waals surface area contributed by atoms with Crippen LogP contribution in [0.1, 0.15) is 28.7 Å². The number of aryl methyl sites for hydroxylation is 1. The van der Waals surface area contributed by atoms with E-state index in [-0.39, 0.29) is 11.2 Å². The van der Waals surface area contributed by atoms with Gasteiger partial charge in [-0.25, -0.2) is 14.3 Å². The zero-order valence-electron chi connectivity index (χ0n) is 9.91. The molecular weight excluding hydrogens is 234 g/mol. The van der Waals surface area contributed by atoms with Crippen LogP contribution in [-0.4, -0.2) is 32.0 Å². The number of nitrogens with zero attached hydrogens (tertiary/aromatic N) is 3. The molecular formula is C12H11N3O3. The lowest BCUT2D eigenvalue weighted by atomic mass is 10.2. The van der Waals surface area contributed by atoms with Crippen LogP contribution in [0.4, 0.5) is 0 Å². The molecule has 2 aromatic heterocycles. The standard InChI is InChI=1S/C12H11N3O3/c1-7(6-16)3-9-4-8(2)15-11(14-9)10(5-13-15)12(17)18/h3-6H,1-2H3,(H,17,18)/b7-3+. The molecule has 0 aliphatic carbocycles. The van der Waals surface area contributed by atoms with Crippen LogP contribution in [0.5, 0.6) is 0 Å². The molecule has 6 nitrogen and oxygen atoms in total. The Bertz CT molecular complexity index is 671. The fourth-order valence-electron chi connectivity index (χ4n) is 1.63. The van der Waals surface area contributed by atoms with Crippen molar-refractivity contribution in [2.45, 2.75) is 13.8 Å². The SMILES string of the molecule is C/C(C=O)=C\c1cc(C)n2ncc(C(=O)O)c2n1. The maximum absolute atomic E-state index is 11.0. The summed E-state index contributed by atoms with van der Waals surface area (Å²) in [6, 6.07) is 1.73. The molecule has 0 atom stereocenters. The van der Waals surface area contributed by atoms with Crippen molar-refractivity contribution >= 4 is 24.0 Å². The Morgan fingerprint density at radius 1 is 1.50 bits per heavy atom. The number of hydrogen-bond donors (Lipinski definition) is 1. The summed E-state index contributed by atoms with van der Waals surface area (Å²) < 4.78 is 1.46. The smallest absolute Gasteiger partial charge is 0.341 e. The molecule has 0 saturated carbocycles. The zero-order valence-corrected chi connectivity index (χ0v) is 9.91. The molecule has 0 amide bonds. The second kappa shape index (κ2) is 4.40. The van der Waals surface area contributed by atoms with Gasteiger partial charge in [-0.2, -0.15) is 5.10 Å². The number of carboxylic acids is 1. The third kappa shape index (κ3) is 2.00. The van der Waals surface area contributed by atoms with Crippen molar-refractivity contribution < 1.29 is 14.7 Å². The summed E-state index contributed by atoms with van der Waals surface area (Å²) in [5, 5.41) is 13.0. The zero-order chi connectivity index (χ0) is 13.3. The summed E-state index contributed by atoms with van der Waals surface area (Å²) in [5.41, 5.74) is 2.11. The first-order valence-corrected chi connectivity index (χ1v) is 5.25. The van der Waals surface area contributed by atoms with Crippen LogP contribution in [0.25, 0.3) is 11.7 Å². The second-order valence-electron chi connectivity index (χ2n) is 3.93. The molecule has 18 heavy (non-hydrogen) atoms. The van der Waals surface area contributed by atoms with Crippen molar-refractivity contribution in [3.8, 4) is 0 Å². The van der Waals surface area contributed by atoms with Crippen molar-refractivity contribution in [1.82, 2.24) is 14.6 Å². The van der Waals surface area contributed by atoms with Gasteiger partial charge in [0.15, 0.2) is 5.65 Å². The Kier molecular flexibility index (Phi) is 2.93. The van der Waals surface area contributed by atoms with Crippen LogP contribution in [0.3, 0.4) is 0 Å². The quantitative estimate of drug-likeness (QED) is 0.651. The lowest BCUT2D eigenvalue weighted by molar-refractivity contribution is -0.104. The summed E-state index contributed by atoms with van der Waals surface area (Å²) in [7, 11) is 0. The Hall–Kier alpha value is -2.50. The molecule has 1 N–H and O–H groups in total. The number of aromatic carboxylic acids is 1. The van der Waals surface area contributed by atoms with E-state index in [1.54, 1.807) is 26.0 Å². The van der Waals surface area contributed by atoms with Crippen molar-refractivity contribution in [2.75, 3.05) is 0 Å². The fraction of sp³-hybridized carbons (Fsp3) is 0.167. The van der Waals surface area contributed by atoms with Gasteiger partial charge in [-0.15, -0.1) is 0 Å². The van der Waals surface area contributed by atoms with Gasteiger partial charge in [0, 0.05) is 5.69 Å². The summed E-state index contributed by atoms with van der Waals surface area (Å²) in [6.45, 7) is 3.45. The van der Waals surface area contributed by atoms with Gasteiger partial charge in [-0.05, 0) is 31.6 Å². The third-order valence-electron chi connectivity index (χ3n) is 2.46. The van der Waals surface area contributed by atoms with Gasteiger partial charge in [0.05, 0.1) is 11.9 Å². The van der Waals surface area contributed by atoms with Crippen LogP contribution >= 0.6 is 0 Å². The highest BCUT2D eigenvalue weighted by atomic mass is 16.4. The highest BCUT2D eigenvalue weighted by molar-refractivity contribution is 5.94. The van der Waals surface area contributed by atoms with E-state index in [0.29, 0.717) is 11.3 Å². The summed E-state index contributed by atoms with van der Waals surface area (Å²) in [4.78, 5) is 25.8. The minimum Gasteiger partial charge on any atom is -0.477 e. The lowest BCUT2D eigenvalue weighted by Crippen LogP contribution is -2.01. The molecule has 0 saturated heterocycles. The van der Waals surface area contributed by atoms with Gasteiger partial charge in [0.1, 0.15) is 11.8 Å². The van der Waals surface area contributed by atoms with E-state index in [1.165, 1.54) is 10.7 Å². The molecule has 0 bridgehead atoms. The molecule has 0 aliphatic heterocycles. The Labute approximate surface area is 103 Å². The minimum absolute atomic E-state index is 0.0390. The molecule has 2 aromatic rings. The van der Waals surface area contributed by atoms with E-state index < -0.39 is 5.97 Å². The predicted molar refractivity (Wildman–Crippen MR) is 64.4 cm³/mol. The Morgan fingerprint density at radius 3 is 2.83 bits per heavy atom. The summed E-state index contributed by atoms with van der Waals surface area (Å²) in [5.74, 6) is -1.08. The van der Waals surface area contributed by atoms with Crippen molar-refractivity contribution in [3.63, 3.8) is 0 Å². The lowest BCUT2D eigenvalue weighted by Gasteiger charge is -2.01. The van der Waals surface area contributed by atoms with E-state index >= 15 is 0 Å². The molecule has 0 aromatic carbocycles. The van der Waals surface area contributed by atoms with E-state index in [4.69, 9.17) is 5.11 Å². The highest BCUT2D eigenvalue weighted by Gasteiger charge is 2.14. The molecule has 0 fully saturated rings. The van der Waals surface area contributed by atoms with Gasteiger partial charge in [-0.1, -0.05) is 0 Å². The fourth-order valence-corrected chi connectivity index (χ4v) is 1.63. The molecule has 0 spiro atoms. The topological polar surface area (TPSA) is 84.6 Å². The van der Waals surface area contributed by atoms with Crippen LogP contribution in [-0.2, 0) is 4.79 Å². The van der Waals surface area contributed by atoms with Crippen LogP contribution in [0.15, 0.2) is 17.8 Å². The van der Waals surface area contributed by atoms with Crippen molar-refractivity contribution in [2.24, 2.45) is 0 Å². The molecule has 92 valence electrons. The minimum atomic E-state index is -1.08. The highest BCUT2D eigenvalue weighted by Crippen LogP contribution is 2.13. The van der Waals surface area contributed by atoms with Gasteiger partial charge in [0.25, 0.3) is 0 Å². The first kappa shape index (κ1) is 12.0. The predicted octanol–water partition coefficient (Wildman–Crippen LogP) is 1.34. The van der Waals surface area contributed by atoms with Gasteiger partial charge in [-0.3, -0.25) is 4.79 Å². The average molecular weight is 245 g/mol. The number of fused-ring (bicyclic) bond motifs is 1. The van der Waals surface area contributed by atoms with Crippen LogP contribution in [0, 0.1) is 6.92 Å². The molecule has 2 rings (SSSR count). The molecule has 2 heterocycles. The van der Waals surface area contributed by atoms with E-state index in [0.717, 1.165) is 12.0 Å². The van der Waals surface area contributed by atoms with E-state index in [9.17, 15) is 9.59 Å². The maximum atomic E-state index is 11.0. The first-order valence-electron chi connectivity index (χ1n) is 5.25. The summed E-state index contributed by atoms with van der Waals surface area (Å²) >= 11 is 0. The number of aldehydes is 1. The van der Waals surface area contributed by atoms with Crippen LogP contribution < -0.4 is 0 Å². The monoisotopic (exact) mass is 245 g/mol. The molecule has 0 aliphatic rings. The number of allylic oxidation sites excluding steroid dienone is 1. The Balaban J connectivity index is 2.69. The first-order chi connectivity index (χ1) is 8.52. The Morgan fingerprint density at radius 2 is 2.22 bits per heavy atom. The van der Waals surface area contributed by atoms with Crippen molar-refractivity contribution in [3.05, 3.63) is 34.8 Å². The molecule has 0 radical (unpaired) electrons. The number of carbonyl (C=O) groups is 2. The average Bonchev–Trinajstić information content (AvgIpc) is 2.73. The number of hydrogen-bond acceptors (Lipinski definition) is 4. The van der Waals surface area contributed by atoms with Crippen LogP contribution in [0.2, 0.25) is 0 Å². The molecule has 0 unspecified atom stereocenters. The number of carbonyl (C=O) groups excluding carboxylic acids is 1. The normalized spacial score (nSPS) is 11.8. The number of rotatable bonds is 3. The largest absolute Gasteiger partial charge is 0.477 e. The second-order valence-corrected chi connectivity index (χ2v) is 3.93. The van der Waals surface area contributed by atoms with Gasteiger partial charge in [0.2, 0.25) is 0 Å². The van der Waals surface area contributed by atoms with E-state index in [1.807, 2.05) is 0 Å². The number of aromatic nitrogens is 3.